The highest BCUT2D eigenvalue weighted by Crippen LogP contribution is 2.19. The summed E-state index contributed by atoms with van der Waals surface area (Å²) in [6, 6.07) is 12.6. The van der Waals surface area contributed by atoms with E-state index in [0.717, 1.165) is 11.5 Å². The Labute approximate surface area is 145 Å². The van der Waals surface area contributed by atoms with E-state index in [1.165, 1.54) is 6.08 Å². The number of nitrogens with zero attached hydrogens (tertiary/aromatic N) is 2. The van der Waals surface area contributed by atoms with Crippen LogP contribution in [0.25, 0.3) is 6.08 Å². The van der Waals surface area contributed by atoms with Gasteiger partial charge in [0.05, 0.1) is 7.11 Å². The molecule has 0 unspecified atom stereocenters. The van der Waals surface area contributed by atoms with Gasteiger partial charge >= 0.3 is 0 Å². The molecule has 128 valence electrons. The Morgan fingerprint density at radius 1 is 1.16 bits per heavy atom. The Bertz CT molecular complexity index is 875. The first-order valence-electron chi connectivity index (χ1n) is 7.71. The fourth-order valence-electron chi connectivity index (χ4n) is 2.18. The van der Waals surface area contributed by atoms with Crippen LogP contribution in [0.3, 0.4) is 0 Å². The molecule has 2 heterocycles. The highest BCUT2D eigenvalue weighted by atomic mass is 16.5. The molecule has 0 saturated heterocycles. The monoisotopic (exact) mass is 338 g/mol. The lowest BCUT2D eigenvalue weighted by atomic mass is 10.2. The maximum atomic E-state index is 12.0. The molecule has 0 bridgehead atoms. The summed E-state index contributed by atoms with van der Waals surface area (Å²) in [4.78, 5) is 12.0. The number of carbonyl (C=O) groups is 1. The molecule has 0 N–H and O–H groups in total. The molecular weight excluding hydrogens is 320 g/mol. The first-order valence-corrected chi connectivity index (χ1v) is 7.71. The molecule has 0 amide bonds. The van der Waals surface area contributed by atoms with Crippen molar-refractivity contribution >= 4 is 11.9 Å². The summed E-state index contributed by atoms with van der Waals surface area (Å²) < 4.78 is 18.0. The lowest BCUT2D eigenvalue weighted by Gasteiger charge is -2.05. The van der Waals surface area contributed by atoms with Crippen molar-refractivity contribution in [1.29, 1.82) is 0 Å². The van der Waals surface area contributed by atoms with Crippen LogP contribution in [-0.4, -0.2) is 22.7 Å². The van der Waals surface area contributed by atoms with Crippen LogP contribution in [0, 0.1) is 0 Å². The lowest BCUT2D eigenvalue weighted by molar-refractivity contribution is 0.104. The topological polar surface area (TPSA) is 66.5 Å². The maximum absolute atomic E-state index is 12.0. The van der Waals surface area contributed by atoms with E-state index < -0.39 is 0 Å². The van der Waals surface area contributed by atoms with E-state index in [-0.39, 0.29) is 5.78 Å². The number of hydrogen-bond donors (Lipinski definition) is 0. The van der Waals surface area contributed by atoms with Gasteiger partial charge in [0.25, 0.3) is 0 Å². The molecule has 0 aliphatic rings. The number of carbonyl (C=O) groups excluding carboxylic acids is 1. The third-order valence-electron chi connectivity index (χ3n) is 3.49. The number of aromatic nitrogens is 2. The fraction of sp³-hybridized carbons (Fsp3) is 0.158. The number of ether oxygens (including phenoxy) is 2. The molecule has 0 aliphatic carbocycles. The average Bonchev–Trinajstić information content (AvgIpc) is 3.27. The molecule has 0 aliphatic heterocycles. The normalized spacial score (nSPS) is 11.0. The molecule has 0 saturated carbocycles. The highest BCUT2D eigenvalue weighted by molar-refractivity contribution is 6.05. The highest BCUT2D eigenvalue weighted by Gasteiger charge is 2.06. The fourth-order valence-corrected chi connectivity index (χ4v) is 2.18. The molecular formula is C19H18N2O4. The summed E-state index contributed by atoms with van der Waals surface area (Å²) in [5, 5.41) is 4.06. The molecule has 0 radical (unpaired) electrons. The molecule has 3 rings (SSSR count). The number of hydrogen-bond acceptors (Lipinski definition) is 5. The van der Waals surface area contributed by atoms with Crippen molar-refractivity contribution in [2.45, 2.75) is 6.61 Å². The number of benzene rings is 1. The third-order valence-corrected chi connectivity index (χ3v) is 3.49. The first-order chi connectivity index (χ1) is 12.1. The summed E-state index contributed by atoms with van der Waals surface area (Å²) in [7, 11) is 3.38. The minimum absolute atomic E-state index is 0.173. The van der Waals surface area contributed by atoms with Crippen LogP contribution in [0.5, 0.6) is 11.5 Å². The standard InChI is InChI=1S/C19H18N2O4/c1-21-12-11-18(20-21)19(22)10-9-16-7-8-17(25-16)13-24-15-5-3-14(23-2)4-6-15/h3-12H,13H2,1-2H3/b10-9+. The van der Waals surface area contributed by atoms with Crippen LogP contribution in [0.15, 0.2) is 59.2 Å². The molecule has 1 aromatic carbocycles. The third kappa shape index (κ3) is 4.38. The second-order valence-corrected chi connectivity index (χ2v) is 5.34. The van der Waals surface area contributed by atoms with Crippen LogP contribution in [0.4, 0.5) is 0 Å². The van der Waals surface area contributed by atoms with Gasteiger partial charge in [-0.2, -0.15) is 5.10 Å². The number of allylic oxidation sites excluding steroid dienone is 1. The zero-order valence-corrected chi connectivity index (χ0v) is 14.0. The Hall–Kier alpha value is -3.28. The second kappa shape index (κ2) is 7.53. The van der Waals surface area contributed by atoms with Gasteiger partial charge in [-0.05, 0) is 54.6 Å². The molecule has 0 atom stereocenters. The summed E-state index contributed by atoms with van der Waals surface area (Å²) in [5.74, 6) is 2.57. The summed E-state index contributed by atoms with van der Waals surface area (Å²) in [5.41, 5.74) is 0.397. The first kappa shape index (κ1) is 16.6. The zero-order chi connectivity index (χ0) is 17.6. The molecule has 6 heteroatoms. The molecule has 3 aromatic rings. The Kier molecular flexibility index (Phi) is 4.99. The SMILES string of the molecule is COc1ccc(OCc2ccc(/C=C/C(=O)c3ccn(C)n3)o2)cc1. The minimum atomic E-state index is -0.173. The number of rotatable bonds is 7. The van der Waals surface area contributed by atoms with E-state index in [1.54, 1.807) is 43.2 Å². The van der Waals surface area contributed by atoms with Crippen molar-refractivity contribution < 1.29 is 18.7 Å². The van der Waals surface area contributed by atoms with Gasteiger partial charge in [-0.25, -0.2) is 0 Å². The maximum Gasteiger partial charge on any atom is 0.206 e. The van der Waals surface area contributed by atoms with Crippen molar-refractivity contribution in [3.05, 3.63) is 72.0 Å². The lowest BCUT2D eigenvalue weighted by Crippen LogP contribution is -1.97. The van der Waals surface area contributed by atoms with Gasteiger partial charge < -0.3 is 13.9 Å². The number of ketones is 1. The van der Waals surface area contributed by atoms with Crippen molar-refractivity contribution in [2.24, 2.45) is 7.05 Å². The van der Waals surface area contributed by atoms with Gasteiger partial charge in [0.15, 0.2) is 0 Å². The van der Waals surface area contributed by atoms with Gasteiger partial charge in [-0.3, -0.25) is 9.48 Å². The van der Waals surface area contributed by atoms with Crippen molar-refractivity contribution in [2.75, 3.05) is 7.11 Å². The molecule has 0 fully saturated rings. The van der Waals surface area contributed by atoms with Gasteiger partial charge in [0, 0.05) is 13.2 Å². The molecule has 0 spiro atoms. The Morgan fingerprint density at radius 3 is 2.60 bits per heavy atom. The van der Waals surface area contributed by atoms with Crippen molar-refractivity contribution in [3.63, 3.8) is 0 Å². The van der Waals surface area contributed by atoms with Gasteiger partial charge in [0.2, 0.25) is 5.78 Å². The van der Waals surface area contributed by atoms with Crippen LogP contribution in [0.1, 0.15) is 22.0 Å². The Balaban J connectivity index is 1.56. The summed E-state index contributed by atoms with van der Waals surface area (Å²) in [6.45, 7) is 0.300. The predicted molar refractivity (Wildman–Crippen MR) is 92.6 cm³/mol. The van der Waals surface area contributed by atoms with Crippen molar-refractivity contribution in [1.82, 2.24) is 9.78 Å². The summed E-state index contributed by atoms with van der Waals surface area (Å²) in [6.07, 6.45) is 4.78. The zero-order valence-electron chi connectivity index (χ0n) is 14.0. The largest absolute Gasteiger partial charge is 0.497 e. The average molecular weight is 338 g/mol. The van der Waals surface area contributed by atoms with Gasteiger partial charge in [0.1, 0.15) is 35.3 Å². The Morgan fingerprint density at radius 2 is 1.92 bits per heavy atom. The van der Waals surface area contributed by atoms with E-state index >= 15 is 0 Å². The van der Waals surface area contributed by atoms with Gasteiger partial charge in [-0.1, -0.05) is 0 Å². The van der Waals surface area contributed by atoms with Gasteiger partial charge in [-0.15, -0.1) is 0 Å². The molecule has 6 nitrogen and oxygen atoms in total. The van der Waals surface area contributed by atoms with Crippen LogP contribution < -0.4 is 9.47 Å². The van der Waals surface area contributed by atoms with E-state index in [0.29, 0.717) is 23.8 Å². The van der Waals surface area contributed by atoms with Crippen LogP contribution in [-0.2, 0) is 13.7 Å². The van der Waals surface area contributed by atoms with E-state index in [2.05, 4.69) is 5.10 Å². The minimum Gasteiger partial charge on any atom is -0.497 e. The van der Waals surface area contributed by atoms with E-state index in [9.17, 15) is 4.79 Å². The quantitative estimate of drug-likeness (QED) is 0.487. The van der Waals surface area contributed by atoms with Crippen LogP contribution >= 0.6 is 0 Å². The van der Waals surface area contributed by atoms with Crippen LogP contribution in [0.2, 0.25) is 0 Å². The smallest absolute Gasteiger partial charge is 0.206 e. The van der Waals surface area contributed by atoms with E-state index in [4.69, 9.17) is 13.9 Å². The predicted octanol–water partition coefficient (Wildman–Crippen LogP) is 3.50. The molecule has 25 heavy (non-hydrogen) atoms. The molecule has 2 aromatic heterocycles. The second-order valence-electron chi connectivity index (χ2n) is 5.34. The number of furan rings is 1. The number of aryl methyl sites for hydroxylation is 1. The number of methoxy groups -OCH3 is 1. The summed E-state index contributed by atoms with van der Waals surface area (Å²) >= 11 is 0. The van der Waals surface area contributed by atoms with E-state index in [1.807, 2.05) is 30.3 Å². The van der Waals surface area contributed by atoms with Crippen molar-refractivity contribution in [3.8, 4) is 11.5 Å².